The second-order valence-corrected chi connectivity index (χ2v) is 6.28. The summed E-state index contributed by atoms with van der Waals surface area (Å²) in [5.74, 6) is -2.43. The molecule has 0 aliphatic heterocycles. The molecule has 0 aliphatic rings. The van der Waals surface area contributed by atoms with Crippen molar-refractivity contribution in [2.24, 2.45) is 11.8 Å². The van der Waals surface area contributed by atoms with Crippen molar-refractivity contribution < 1.29 is 18.7 Å². The first-order valence-electron chi connectivity index (χ1n) is 7.31. The first-order chi connectivity index (χ1) is 10.2. The summed E-state index contributed by atoms with van der Waals surface area (Å²) in [5.41, 5.74) is 0.595. The minimum absolute atomic E-state index is 0.214. The maximum Gasteiger partial charge on any atom is 0.327 e. The quantitative estimate of drug-likeness (QED) is 0.914. The van der Waals surface area contributed by atoms with E-state index in [0.717, 1.165) is 12.1 Å². The lowest BCUT2D eigenvalue weighted by atomic mass is 10.0. The molecule has 0 fully saturated rings. The van der Waals surface area contributed by atoms with E-state index in [2.05, 4.69) is 4.98 Å². The van der Waals surface area contributed by atoms with Crippen LogP contribution in [-0.2, 0) is 11.2 Å². The van der Waals surface area contributed by atoms with Crippen LogP contribution in [-0.4, -0.2) is 20.6 Å². The topological polar surface area (TPSA) is 55.1 Å². The predicted octanol–water partition coefficient (Wildman–Crippen LogP) is 3.79. The molecule has 1 heterocycles. The van der Waals surface area contributed by atoms with E-state index in [1.165, 1.54) is 4.57 Å². The lowest BCUT2D eigenvalue weighted by molar-refractivity contribution is -0.142. The molecule has 0 saturated carbocycles. The van der Waals surface area contributed by atoms with Gasteiger partial charge in [0.25, 0.3) is 0 Å². The minimum atomic E-state index is -1.01. The Morgan fingerprint density at radius 2 is 1.82 bits per heavy atom. The molecule has 0 bridgehead atoms. The van der Waals surface area contributed by atoms with Crippen LogP contribution in [0.3, 0.4) is 0 Å². The maximum atomic E-state index is 13.6. The summed E-state index contributed by atoms with van der Waals surface area (Å²) in [4.78, 5) is 16.0. The Kier molecular flexibility index (Phi) is 4.49. The smallest absolute Gasteiger partial charge is 0.327 e. The molecule has 2 rings (SSSR count). The number of fused-ring (bicyclic) bond motifs is 1. The van der Waals surface area contributed by atoms with Gasteiger partial charge in [0.15, 0.2) is 11.6 Å². The summed E-state index contributed by atoms with van der Waals surface area (Å²) in [6.45, 7) is 7.53. The fourth-order valence-corrected chi connectivity index (χ4v) is 2.65. The van der Waals surface area contributed by atoms with Crippen LogP contribution in [0.5, 0.6) is 0 Å². The monoisotopic (exact) mass is 310 g/mol. The number of aromatic nitrogens is 2. The number of halogens is 2. The number of nitrogens with zero attached hydrogens (tertiary/aromatic N) is 2. The van der Waals surface area contributed by atoms with Crippen molar-refractivity contribution in [2.45, 2.75) is 40.2 Å². The molecule has 120 valence electrons. The summed E-state index contributed by atoms with van der Waals surface area (Å²) in [6.07, 6.45) is 0.536. The molecule has 0 saturated heterocycles. The molecular formula is C16H20F2N2O2. The van der Waals surface area contributed by atoms with Gasteiger partial charge >= 0.3 is 5.97 Å². The lowest BCUT2D eigenvalue weighted by Gasteiger charge is -2.22. The highest BCUT2D eigenvalue weighted by molar-refractivity contribution is 5.80. The first-order valence-corrected chi connectivity index (χ1v) is 7.31. The SMILES string of the molecule is CC(C)Cc1nc2cc(F)c(F)cc2n1C(C(=O)O)C(C)C. The molecule has 2 aromatic rings. The van der Waals surface area contributed by atoms with Crippen molar-refractivity contribution in [2.75, 3.05) is 0 Å². The van der Waals surface area contributed by atoms with Gasteiger partial charge in [0, 0.05) is 18.6 Å². The lowest BCUT2D eigenvalue weighted by Crippen LogP contribution is -2.26. The average molecular weight is 310 g/mol. The number of carboxylic acids is 1. The maximum absolute atomic E-state index is 13.6. The van der Waals surface area contributed by atoms with Gasteiger partial charge in [-0.25, -0.2) is 18.6 Å². The van der Waals surface area contributed by atoms with Gasteiger partial charge in [0.05, 0.1) is 11.0 Å². The predicted molar refractivity (Wildman–Crippen MR) is 79.7 cm³/mol. The van der Waals surface area contributed by atoms with Gasteiger partial charge in [-0.05, 0) is 11.8 Å². The van der Waals surface area contributed by atoms with Gasteiger partial charge in [-0.1, -0.05) is 27.7 Å². The number of aliphatic carboxylic acids is 1. The molecule has 1 atom stereocenters. The summed E-state index contributed by atoms with van der Waals surface area (Å²) >= 11 is 0. The van der Waals surface area contributed by atoms with E-state index in [-0.39, 0.29) is 17.4 Å². The third-order valence-electron chi connectivity index (χ3n) is 3.56. The highest BCUT2D eigenvalue weighted by atomic mass is 19.2. The Bertz CT molecular complexity index is 708. The van der Waals surface area contributed by atoms with Gasteiger partial charge in [-0.15, -0.1) is 0 Å². The van der Waals surface area contributed by atoms with Crippen LogP contribution in [0.4, 0.5) is 8.78 Å². The number of benzene rings is 1. The molecule has 4 nitrogen and oxygen atoms in total. The number of rotatable bonds is 5. The molecule has 0 aliphatic carbocycles. The Hall–Kier alpha value is -1.98. The molecule has 0 amide bonds. The van der Waals surface area contributed by atoms with Crippen LogP contribution in [0.2, 0.25) is 0 Å². The Morgan fingerprint density at radius 3 is 2.32 bits per heavy atom. The summed E-state index contributed by atoms with van der Waals surface area (Å²) in [5, 5.41) is 9.54. The molecule has 22 heavy (non-hydrogen) atoms. The minimum Gasteiger partial charge on any atom is -0.480 e. The highest BCUT2D eigenvalue weighted by Crippen LogP contribution is 2.29. The van der Waals surface area contributed by atoms with Crippen LogP contribution in [0, 0.1) is 23.5 Å². The largest absolute Gasteiger partial charge is 0.480 e. The molecule has 0 radical (unpaired) electrons. The summed E-state index contributed by atoms with van der Waals surface area (Å²) in [6, 6.07) is 1.17. The van der Waals surface area contributed by atoms with E-state index in [1.807, 2.05) is 13.8 Å². The summed E-state index contributed by atoms with van der Waals surface area (Å²) in [7, 11) is 0. The van der Waals surface area contributed by atoms with Crippen molar-refractivity contribution >= 4 is 17.0 Å². The zero-order valence-corrected chi connectivity index (χ0v) is 13.1. The van der Waals surface area contributed by atoms with Crippen LogP contribution in [0.1, 0.15) is 39.6 Å². The number of hydrogen-bond donors (Lipinski definition) is 1. The molecule has 1 unspecified atom stereocenters. The Morgan fingerprint density at radius 1 is 1.23 bits per heavy atom. The van der Waals surface area contributed by atoms with E-state index in [0.29, 0.717) is 17.8 Å². The molecule has 1 aromatic carbocycles. The highest BCUT2D eigenvalue weighted by Gasteiger charge is 2.29. The van der Waals surface area contributed by atoms with Crippen LogP contribution in [0.15, 0.2) is 12.1 Å². The second-order valence-electron chi connectivity index (χ2n) is 6.28. The second kappa shape index (κ2) is 6.02. The Balaban J connectivity index is 2.76. The van der Waals surface area contributed by atoms with Gasteiger partial charge in [-0.2, -0.15) is 0 Å². The normalized spacial score (nSPS) is 13.3. The molecule has 0 spiro atoms. The van der Waals surface area contributed by atoms with Crippen molar-refractivity contribution in [1.82, 2.24) is 9.55 Å². The zero-order valence-electron chi connectivity index (χ0n) is 13.1. The van der Waals surface area contributed by atoms with Crippen molar-refractivity contribution in [3.63, 3.8) is 0 Å². The van der Waals surface area contributed by atoms with Gasteiger partial charge in [-0.3, -0.25) is 0 Å². The van der Waals surface area contributed by atoms with Crippen molar-refractivity contribution in [3.8, 4) is 0 Å². The number of carbonyl (C=O) groups is 1. The van der Waals surface area contributed by atoms with E-state index < -0.39 is 23.6 Å². The number of hydrogen-bond acceptors (Lipinski definition) is 2. The Labute approximate surface area is 127 Å². The standard InChI is InChI=1S/C16H20F2N2O2/c1-8(2)5-14-19-12-6-10(17)11(18)7-13(12)20(14)15(9(3)4)16(21)22/h6-9,15H,5H2,1-4H3,(H,21,22). The summed E-state index contributed by atoms with van der Waals surface area (Å²) < 4.78 is 28.6. The fraction of sp³-hybridized carbons (Fsp3) is 0.500. The van der Waals surface area contributed by atoms with Crippen LogP contribution >= 0.6 is 0 Å². The van der Waals surface area contributed by atoms with Gasteiger partial charge in [0.2, 0.25) is 0 Å². The van der Waals surface area contributed by atoms with Gasteiger partial charge < -0.3 is 9.67 Å². The number of imidazole rings is 1. The fourth-order valence-electron chi connectivity index (χ4n) is 2.65. The number of carboxylic acid groups (broad SMARTS) is 1. The third-order valence-corrected chi connectivity index (χ3v) is 3.56. The average Bonchev–Trinajstić information content (AvgIpc) is 2.67. The third kappa shape index (κ3) is 2.96. The van der Waals surface area contributed by atoms with E-state index in [1.54, 1.807) is 13.8 Å². The van der Waals surface area contributed by atoms with Crippen molar-refractivity contribution in [1.29, 1.82) is 0 Å². The van der Waals surface area contributed by atoms with E-state index >= 15 is 0 Å². The van der Waals surface area contributed by atoms with Crippen LogP contribution in [0.25, 0.3) is 11.0 Å². The molecule has 6 heteroatoms. The zero-order chi connectivity index (χ0) is 16.6. The molecule has 1 aromatic heterocycles. The van der Waals surface area contributed by atoms with Crippen LogP contribution < -0.4 is 0 Å². The van der Waals surface area contributed by atoms with Crippen molar-refractivity contribution in [3.05, 3.63) is 29.6 Å². The molecular weight excluding hydrogens is 290 g/mol. The van der Waals surface area contributed by atoms with Gasteiger partial charge in [0.1, 0.15) is 11.9 Å². The van der Waals surface area contributed by atoms with E-state index in [9.17, 15) is 18.7 Å². The first kappa shape index (κ1) is 16.4. The molecule has 1 N–H and O–H groups in total. The van der Waals surface area contributed by atoms with E-state index in [4.69, 9.17) is 0 Å².